The molecule has 0 aromatic carbocycles. The van der Waals surface area contributed by atoms with Crippen molar-refractivity contribution < 1.29 is 32.6 Å². The molecule has 0 unspecified atom stereocenters. The second-order valence-corrected chi connectivity index (χ2v) is 5.09. The molecule has 2 N–H and O–H groups in total. The lowest BCUT2D eigenvalue weighted by molar-refractivity contribution is -0.154. The van der Waals surface area contributed by atoms with Crippen molar-refractivity contribution >= 4 is 23.6 Å². The molecule has 0 saturated heterocycles. The predicted molar refractivity (Wildman–Crippen MR) is 73.1 cm³/mol. The Balaban J connectivity index is 2.43. The van der Waals surface area contributed by atoms with Crippen molar-refractivity contribution in [2.75, 3.05) is 24.7 Å². The summed E-state index contributed by atoms with van der Waals surface area (Å²) in [6, 6.07) is 2.44. The van der Waals surface area contributed by atoms with Crippen LogP contribution in [0.1, 0.15) is 10.4 Å². The minimum Gasteiger partial charge on any atom is -0.481 e. The highest BCUT2D eigenvalue weighted by atomic mass is 32.2. The van der Waals surface area contributed by atoms with E-state index in [1.165, 1.54) is 12.3 Å². The van der Waals surface area contributed by atoms with Crippen LogP contribution in [0.4, 0.5) is 13.2 Å². The maximum atomic E-state index is 12.0. The number of halogens is 3. The van der Waals surface area contributed by atoms with E-state index in [0.29, 0.717) is 5.75 Å². The van der Waals surface area contributed by atoms with Gasteiger partial charge in [-0.25, -0.2) is 4.98 Å². The molecule has 0 atom stereocenters. The first-order valence-corrected chi connectivity index (χ1v) is 7.17. The number of hydrogen-bond acceptors (Lipinski definition) is 5. The Morgan fingerprint density at radius 2 is 2.14 bits per heavy atom. The van der Waals surface area contributed by atoms with E-state index in [9.17, 15) is 22.8 Å². The third-order valence-electron chi connectivity index (χ3n) is 2.14. The van der Waals surface area contributed by atoms with Crippen molar-refractivity contribution in [1.82, 2.24) is 10.3 Å². The number of pyridine rings is 1. The van der Waals surface area contributed by atoms with E-state index in [4.69, 9.17) is 5.11 Å². The molecule has 0 bridgehead atoms. The SMILES string of the molecule is O=C(O)CSCCNC(=O)c1ccnc(OCC(F)(F)F)c1. The largest absolute Gasteiger partial charge is 0.481 e. The topological polar surface area (TPSA) is 88.5 Å². The standard InChI is InChI=1S/C12H13F3N2O4S/c13-12(14,15)7-21-9-5-8(1-2-16-9)11(20)17-3-4-22-6-10(18)19/h1-2,5H,3-4,6-7H2,(H,17,20)(H,18,19). The molecule has 1 aromatic heterocycles. The number of amides is 1. The van der Waals surface area contributed by atoms with Crippen LogP contribution in [0.15, 0.2) is 18.3 Å². The second-order valence-electron chi connectivity index (χ2n) is 3.99. The van der Waals surface area contributed by atoms with Gasteiger partial charge in [0.2, 0.25) is 5.88 Å². The zero-order chi connectivity index (χ0) is 16.6. The summed E-state index contributed by atoms with van der Waals surface area (Å²) >= 11 is 1.14. The third kappa shape index (κ3) is 7.72. The highest BCUT2D eigenvalue weighted by molar-refractivity contribution is 7.99. The molecular weight excluding hydrogens is 325 g/mol. The maximum absolute atomic E-state index is 12.0. The van der Waals surface area contributed by atoms with E-state index >= 15 is 0 Å². The molecule has 1 amide bonds. The first-order chi connectivity index (χ1) is 10.3. The van der Waals surface area contributed by atoms with Gasteiger partial charge in [0.05, 0.1) is 5.75 Å². The fourth-order valence-corrected chi connectivity index (χ4v) is 1.85. The van der Waals surface area contributed by atoms with Gasteiger partial charge >= 0.3 is 12.1 Å². The molecule has 0 aliphatic heterocycles. The summed E-state index contributed by atoms with van der Waals surface area (Å²) in [5.41, 5.74) is 0.107. The lowest BCUT2D eigenvalue weighted by Crippen LogP contribution is -2.26. The van der Waals surface area contributed by atoms with Gasteiger partial charge < -0.3 is 15.2 Å². The lowest BCUT2D eigenvalue weighted by Gasteiger charge is -2.09. The van der Waals surface area contributed by atoms with Crippen LogP contribution in [0, 0.1) is 0 Å². The molecule has 0 fully saturated rings. The molecule has 1 aromatic rings. The van der Waals surface area contributed by atoms with Gasteiger partial charge in [-0.05, 0) is 6.07 Å². The lowest BCUT2D eigenvalue weighted by atomic mass is 10.2. The first-order valence-electron chi connectivity index (χ1n) is 6.01. The summed E-state index contributed by atoms with van der Waals surface area (Å²) in [4.78, 5) is 25.6. The summed E-state index contributed by atoms with van der Waals surface area (Å²) in [5, 5.41) is 10.9. The highest BCUT2D eigenvalue weighted by Crippen LogP contribution is 2.17. The molecule has 0 spiro atoms. The number of carboxylic acid groups (broad SMARTS) is 1. The fraction of sp³-hybridized carbons (Fsp3) is 0.417. The van der Waals surface area contributed by atoms with Gasteiger partial charge in [-0.1, -0.05) is 0 Å². The quantitative estimate of drug-likeness (QED) is 0.700. The molecule has 10 heteroatoms. The van der Waals surface area contributed by atoms with Crippen LogP contribution >= 0.6 is 11.8 Å². The van der Waals surface area contributed by atoms with Gasteiger partial charge in [0.1, 0.15) is 0 Å². The summed E-state index contributed by atoms with van der Waals surface area (Å²) in [7, 11) is 0. The maximum Gasteiger partial charge on any atom is 0.422 e. The number of nitrogens with zero attached hydrogens (tertiary/aromatic N) is 1. The predicted octanol–water partition coefficient (Wildman–Crippen LogP) is 1.57. The van der Waals surface area contributed by atoms with E-state index in [0.717, 1.165) is 17.8 Å². The van der Waals surface area contributed by atoms with Crippen molar-refractivity contribution in [3.8, 4) is 5.88 Å². The zero-order valence-corrected chi connectivity index (χ0v) is 12.0. The van der Waals surface area contributed by atoms with Crippen molar-refractivity contribution in [2.45, 2.75) is 6.18 Å². The Kier molecular flexibility index (Phi) is 6.96. The van der Waals surface area contributed by atoms with Crippen LogP contribution in [0.2, 0.25) is 0 Å². The van der Waals surface area contributed by atoms with Crippen LogP contribution in [-0.2, 0) is 4.79 Å². The number of aromatic nitrogens is 1. The van der Waals surface area contributed by atoms with E-state index < -0.39 is 24.7 Å². The molecule has 1 heterocycles. The van der Waals surface area contributed by atoms with Crippen LogP contribution in [0.5, 0.6) is 5.88 Å². The van der Waals surface area contributed by atoms with Crippen molar-refractivity contribution in [2.24, 2.45) is 0 Å². The Labute approximate surface area is 128 Å². The number of aliphatic carboxylic acids is 1. The van der Waals surface area contributed by atoms with Gasteiger partial charge in [0, 0.05) is 30.1 Å². The molecule has 0 aliphatic rings. The molecule has 0 aliphatic carbocycles. The zero-order valence-electron chi connectivity index (χ0n) is 11.2. The van der Waals surface area contributed by atoms with Crippen LogP contribution in [0.25, 0.3) is 0 Å². The minimum absolute atomic E-state index is 0.0689. The van der Waals surface area contributed by atoms with E-state index in [1.807, 2.05) is 0 Å². The number of alkyl halides is 3. The summed E-state index contributed by atoms with van der Waals surface area (Å²) in [6.07, 6.45) is -3.32. The van der Waals surface area contributed by atoms with Gasteiger partial charge in [-0.15, -0.1) is 11.8 Å². The number of thioether (sulfide) groups is 1. The van der Waals surface area contributed by atoms with Gasteiger partial charge in [-0.2, -0.15) is 13.2 Å². The number of carbonyl (C=O) groups is 2. The number of hydrogen-bond donors (Lipinski definition) is 2. The van der Waals surface area contributed by atoms with Crippen LogP contribution in [-0.4, -0.2) is 52.8 Å². The van der Waals surface area contributed by atoms with E-state index in [2.05, 4.69) is 15.0 Å². The Bertz CT molecular complexity index is 525. The highest BCUT2D eigenvalue weighted by Gasteiger charge is 2.28. The summed E-state index contributed by atoms with van der Waals surface area (Å²) in [5.74, 6) is -1.42. The minimum atomic E-state index is -4.48. The average molecular weight is 338 g/mol. The smallest absolute Gasteiger partial charge is 0.422 e. The van der Waals surface area contributed by atoms with Crippen LogP contribution < -0.4 is 10.1 Å². The molecule has 1 rings (SSSR count). The molecular formula is C12H13F3N2O4S. The van der Waals surface area contributed by atoms with E-state index in [1.54, 1.807) is 0 Å². The molecule has 6 nitrogen and oxygen atoms in total. The van der Waals surface area contributed by atoms with Crippen molar-refractivity contribution in [3.63, 3.8) is 0 Å². The summed E-state index contributed by atoms with van der Waals surface area (Å²) in [6.45, 7) is -1.26. The first kappa shape index (κ1) is 18.1. The van der Waals surface area contributed by atoms with Crippen molar-refractivity contribution in [3.05, 3.63) is 23.9 Å². The van der Waals surface area contributed by atoms with E-state index in [-0.39, 0.29) is 23.7 Å². The van der Waals surface area contributed by atoms with Crippen LogP contribution in [0.3, 0.4) is 0 Å². The Morgan fingerprint density at radius 1 is 1.41 bits per heavy atom. The number of nitrogens with one attached hydrogen (secondary N) is 1. The average Bonchev–Trinajstić information content (AvgIpc) is 2.44. The Morgan fingerprint density at radius 3 is 2.77 bits per heavy atom. The molecule has 22 heavy (non-hydrogen) atoms. The number of carboxylic acids is 1. The number of carbonyl (C=O) groups excluding carboxylic acids is 1. The van der Waals surface area contributed by atoms with Gasteiger partial charge in [-0.3, -0.25) is 9.59 Å². The molecule has 0 saturated carbocycles. The number of rotatable bonds is 8. The van der Waals surface area contributed by atoms with Gasteiger partial charge in [0.25, 0.3) is 5.91 Å². The third-order valence-corrected chi connectivity index (χ3v) is 3.08. The van der Waals surface area contributed by atoms with Gasteiger partial charge in [0.15, 0.2) is 6.61 Å². The van der Waals surface area contributed by atoms with Crippen molar-refractivity contribution in [1.29, 1.82) is 0 Å². The molecule has 0 radical (unpaired) electrons. The molecule has 122 valence electrons. The Hall–Kier alpha value is -1.97. The normalized spacial score (nSPS) is 11.0. The second kappa shape index (κ2) is 8.47. The number of ether oxygens (including phenoxy) is 1. The summed E-state index contributed by atoms with van der Waals surface area (Å²) < 4.78 is 40.5. The monoisotopic (exact) mass is 338 g/mol. The fourth-order valence-electron chi connectivity index (χ4n) is 1.28.